The van der Waals surface area contributed by atoms with Crippen LogP contribution in [-0.4, -0.2) is 34.8 Å². The molecule has 1 fully saturated rings. The van der Waals surface area contributed by atoms with Crippen molar-refractivity contribution in [2.75, 3.05) is 13.1 Å². The molecular weight excluding hydrogens is 240 g/mol. The molecule has 2 N–H and O–H groups in total. The van der Waals surface area contributed by atoms with Crippen LogP contribution in [0.3, 0.4) is 0 Å². The van der Waals surface area contributed by atoms with Gasteiger partial charge in [0.05, 0.1) is 12.7 Å². The van der Waals surface area contributed by atoms with E-state index < -0.39 is 0 Å². The first-order valence-electron chi connectivity index (χ1n) is 7.21. The van der Waals surface area contributed by atoms with Gasteiger partial charge in [0.25, 0.3) is 0 Å². The number of aryl methyl sites for hydroxylation is 1. The summed E-state index contributed by atoms with van der Waals surface area (Å²) in [5, 5.41) is 10.4. The van der Waals surface area contributed by atoms with Gasteiger partial charge < -0.3 is 10.6 Å². The molecule has 0 saturated heterocycles. The monoisotopic (exact) mass is 264 g/mol. The lowest BCUT2D eigenvalue weighted by atomic mass is 9.95. The van der Waals surface area contributed by atoms with Crippen molar-refractivity contribution in [2.45, 2.75) is 44.6 Å². The average molecular weight is 264 g/mol. The van der Waals surface area contributed by atoms with Crippen LogP contribution in [0.1, 0.15) is 37.7 Å². The van der Waals surface area contributed by atoms with E-state index in [1.165, 1.54) is 24.8 Å². The van der Waals surface area contributed by atoms with E-state index in [1.54, 1.807) is 4.68 Å². The predicted molar refractivity (Wildman–Crippen MR) is 74.8 cm³/mol. The topological polar surface area (TPSA) is 59.0 Å². The fourth-order valence-electron chi connectivity index (χ4n) is 2.56. The van der Waals surface area contributed by atoms with Crippen molar-refractivity contribution in [3.63, 3.8) is 0 Å². The summed E-state index contributed by atoms with van der Waals surface area (Å²) in [6, 6.07) is 0.404. The summed E-state index contributed by atoms with van der Waals surface area (Å²) in [6.45, 7) is 1.22. The highest BCUT2D eigenvalue weighted by Crippen LogP contribution is 2.16. The van der Waals surface area contributed by atoms with Crippen LogP contribution >= 0.6 is 0 Å². The van der Waals surface area contributed by atoms with Gasteiger partial charge in [-0.15, -0.1) is 0 Å². The third-order valence-corrected chi connectivity index (χ3v) is 3.60. The van der Waals surface area contributed by atoms with Crippen LogP contribution in [0.15, 0.2) is 12.4 Å². The highest BCUT2D eigenvalue weighted by atomic mass is 16.1. The number of carbonyl (C=O) groups is 1. The Morgan fingerprint density at radius 2 is 2.21 bits per heavy atom. The standard InChI is InChI=1S/C14H24N4O/c1-18-11-12(9-16-18)7-8-15-10-14(19)17-13-5-3-2-4-6-13/h9,11,13,15H,2-8,10H2,1H3,(H,17,19). The summed E-state index contributed by atoms with van der Waals surface area (Å²) in [4.78, 5) is 11.7. The maximum Gasteiger partial charge on any atom is 0.234 e. The minimum Gasteiger partial charge on any atom is -0.352 e. The van der Waals surface area contributed by atoms with Gasteiger partial charge in [-0.25, -0.2) is 0 Å². The van der Waals surface area contributed by atoms with Gasteiger partial charge in [-0.05, 0) is 31.4 Å². The molecule has 0 aliphatic heterocycles. The molecule has 1 aromatic rings. The summed E-state index contributed by atoms with van der Waals surface area (Å²) in [5.41, 5.74) is 1.20. The van der Waals surface area contributed by atoms with Gasteiger partial charge >= 0.3 is 0 Å². The molecule has 1 amide bonds. The predicted octanol–water partition coefficient (Wildman–Crippen LogP) is 1.00. The highest BCUT2D eigenvalue weighted by Gasteiger charge is 2.14. The number of rotatable bonds is 6. The van der Waals surface area contributed by atoms with Gasteiger partial charge in [0, 0.05) is 19.3 Å². The van der Waals surface area contributed by atoms with E-state index in [0.29, 0.717) is 12.6 Å². The summed E-state index contributed by atoms with van der Waals surface area (Å²) in [5.74, 6) is 0.123. The maximum absolute atomic E-state index is 11.7. The molecule has 1 aliphatic rings. The third kappa shape index (κ3) is 5.03. The number of carbonyl (C=O) groups excluding carboxylic acids is 1. The number of amides is 1. The molecule has 1 aliphatic carbocycles. The maximum atomic E-state index is 11.7. The lowest BCUT2D eigenvalue weighted by Gasteiger charge is -2.22. The Morgan fingerprint density at radius 3 is 2.89 bits per heavy atom. The molecule has 0 atom stereocenters. The van der Waals surface area contributed by atoms with Crippen LogP contribution in [0.4, 0.5) is 0 Å². The van der Waals surface area contributed by atoms with Crippen molar-refractivity contribution in [1.29, 1.82) is 0 Å². The first-order valence-corrected chi connectivity index (χ1v) is 7.21. The quantitative estimate of drug-likeness (QED) is 0.754. The minimum atomic E-state index is 0.123. The Kier molecular flexibility index (Phi) is 5.39. The lowest BCUT2D eigenvalue weighted by molar-refractivity contribution is -0.121. The molecule has 0 spiro atoms. The fraction of sp³-hybridized carbons (Fsp3) is 0.714. The zero-order valence-corrected chi connectivity index (χ0v) is 11.7. The summed E-state index contributed by atoms with van der Waals surface area (Å²) >= 11 is 0. The first-order chi connectivity index (χ1) is 9.24. The van der Waals surface area contributed by atoms with Crippen LogP contribution < -0.4 is 10.6 Å². The van der Waals surface area contributed by atoms with Crippen LogP contribution in [0.2, 0.25) is 0 Å². The van der Waals surface area contributed by atoms with Crippen molar-refractivity contribution in [1.82, 2.24) is 20.4 Å². The Hall–Kier alpha value is -1.36. The summed E-state index contributed by atoms with van der Waals surface area (Å²) in [6.07, 6.45) is 10.9. The van der Waals surface area contributed by atoms with Gasteiger partial charge in [-0.3, -0.25) is 9.48 Å². The smallest absolute Gasteiger partial charge is 0.234 e. The Bertz CT molecular complexity index is 396. The molecule has 0 aromatic carbocycles. The second-order valence-electron chi connectivity index (χ2n) is 5.35. The third-order valence-electron chi connectivity index (χ3n) is 3.60. The molecule has 0 radical (unpaired) electrons. The van der Waals surface area contributed by atoms with Crippen molar-refractivity contribution < 1.29 is 4.79 Å². The molecular formula is C14H24N4O. The molecule has 19 heavy (non-hydrogen) atoms. The van der Waals surface area contributed by atoms with E-state index in [2.05, 4.69) is 15.7 Å². The first kappa shape index (κ1) is 14.1. The second-order valence-corrected chi connectivity index (χ2v) is 5.35. The van der Waals surface area contributed by atoms with Gasteiger partial charge in [0.1, 0.15) is 0 Å². The SMILES string of the molecule is Cn1cc(CCNCC(=O)NC2CCCCC2)cn1. The van der Waals surface area contributed by atoms with E-state index in [-0.39, 0.29) is 5.91 Å². The number of nitrogens with zero attached hydrogens (tertiary/aromatic N) is 2. The molecule has 5 heteroatoms. The van der Waals surface area contributed by atoms with E-state index in [1.807, 2.05) is 19.4 Å². The molecule has 5 nitrogen and oxygen atoms in total. The molecule has 106 valence electrons. The number of hydrogen-bond acceptors (Lipinski definition) is 3. The van der Waals surface area contributed by atoms with Crippen LogP contribution in [-0.2, 0) is 18.3 Å². The van der Waals surface area contributed by atoms with Crippen molar-refractivity contribution in [3.8, 4) is 0 Å². The molecule has 1 aromatic heterocycles. The fourth-order valence-corrected chi connectivity index (χ4v) is 2.56. The largest absolute Gasteiger partial charge is 0.352 e. The van der Waals surface area contributed by atoms with E-state index in [0.717, 1.165) is 25.8 Å². The van der Waals surface area contributed by atoms with Crippen molar-refractivity contribution in [2.24, 2.45) is 7.05 Å². The Balaban J connectivity index is 1.56. The Labute approximate surface area is 114 Å². The highest BCUT2D eigenvalue weighted by molar-refractivity contribution is 5.78. The number of nitrogens with one attached hydrogen (secondary N) is 2. The molecule has 1 heterocycles. The molecule has 0 bridgehead atoms. The average Bonchev–Trinajstić information content (AvgIpc) is 2.82. The van der Waals surface area contributed by atoms with Crippen LogP contribution in [0, 0.1) is 0 Å². The Morgan fingerprint density at radius 1 is 1.42 bits per heavy atom. The molecule has 2 rings (SSSR count). The zero-order chi connectivity index (χ0) is 13.5. The van der Waals surface area contributed by atoms with Crippen LogP contribution in [0.5, 0.6) is 0 Å². The van der Waals surface area contributed by atoms with Crippen LogP contribution in [0.25, 0.3) is 0 Å². The van der Waals surface area contributed by atoms with Gasteiger partial charge in [0.15, 0.2) is 0 Å². The van der Waals surface area contributed by atoms with Gasteiger partial charge in [0.2, 0.25) is 5.91 Å². The van der Waals surface area contributed by atoms with E-state index >= 15 is 0 Å². The lowest BCUT2D eigenvalue weighted by Crippen LogP contribution is -2.41. The van der Waals surface area contributed by atoms with Gasteiger partial charge in [-0.2, -0.15) is 5.10 Å². The number of hydrogen-bond donors (Lipinski definition) is 2. The van der Waals surface area contributed by atoms with E-state index in [9.17, 15) is 4.79 Å². The van der Waals surface area contributed by atoms with Gasteiger partial charge in [-0.1, -0.05) is 19.3 Å². The van der Waals surface area contributed by atoms with E-state index in [4.69, 9.17) is 0 Å². The minimum absolute atomic E-state index is 0.123. The zero-order valence-electron chi connectivity index (χ0n) is 11.7. The molecule has 1 saturated carbocycles. The number of aromatic nitrogens is 2. The second kappa shape index (κ2) is 7.28. The normalized spacial score (nSPS) is 16.5. The van der Waals surface area contributed by atoms with Crippen molar-refractivity contribution >= 4 is 5.91 Å². The molecule has 0 unspecified atom stereocenters. The van der Waals surface area contributed by atoms with Crippen molar-refractivity contribution in [3.05, 3.63) is 18.0 Å². The summed E-state index contributed by atoms with van der Waals surface area (Å²) < 4.78 is 1.80. The summed E-state index contributed by atoms with van der Waals surface area (Å²) in [7, 11) is 1.91.